The van der Waals surface area contributed by atoms with Crippen LogP contribution in [0.25, 0.3) is 0 Å². The van der Waals surface area contributed by atoms with E-state index >= 15 is 0 Å². The molecule has 0 unspecified atom stereocenters. The number of hydrogen-bond acceptors (Lipinski definition) is 4. The van der Waals surface area contributed by atoms with Crippen molar-refractivity contribution in [3.05, 3.63) is 0 Å². The van der Waals surface area contributed by atoms with Crippen molar-refractivity contribution in [2.24, 2.45) is 11.7 Å². The second kappa shape index (κ2) is 5.46. The van der Waals surface area contributed by atoms with Crippen LogP contribution in [0.1, 0.15) is 12.8 Å². The van der Waals surface area contributed by atoms with E-state index in [9.17, 15) is 9.59 Å². The largest absolute Gasteiger partial charge is 0.330 e. The van der Waals surface area contributed by atoms with E-state index in [2.05, 4.69) is 10.2 Å². The molecular weight excluding hydrogens is 220 g/mol. The predicted octanol–water partition coefficient (Wildman–Crippen LogP) is -0.791. The van der Waals surface area contributed by atoms with Crippen molar-refractivity contribution < 1.29 is 9.59 Å². The molecule has 0 aromatic carbocycles. The number of likely N-dealkylation sites (tertiary alicyclic amines) is 1. The Bertz CT molecular complexity index is 284. The Morgan fingerprint density at radius 1 is 1.24 bits per heavy atom. The molecule has 0 aromatic heterocycles. The van der Waals surface area contributed by atoms with Gasteiger partial charge in [-0.15, -0.1) is 0 Å². The number of carbonyl (C=O) groups excluding carboxylic acids is 2. The van der Waals surface area contributed by atoms with E-state index in [-0.39, 0.29) is 18.5 Å². The van der Waals surface area contributed by atoms with Crippen LogP contribution in [-0.2, 0) is 4.79 Å². The summed E-state index contributed by atoms with van der Waals surface area (Å²) >= 11 is 0. The van der Waals surface area contributed by atoms with Crippen molar-refractivity contribution in [2.45, 2.75) is 12.8 Å². The number of hydrogen-bond donors (Lipinski definition) is 2. The summed E-state index contributed by atoms with van der Waals surface area (Å²) in [5.74, 6) is 0.523. The molecule has 0 bridgehead atoms. The van der Waals surface area contributed by atoms with Gasteiger partial charge in [0.1, 0.15) is 0 Å². The summed E-state index contributed by atoms with van der Waals surface area (Å²) in [6.45, 7) is 4.22. The van der Waals surface area contributed by atoms with Crippen LogP contribution in [-0.4, -0.2) is 61.0 Å². The molecule has 0 aromatic rings. The monoisotopic (exact) mass is 240 g/mol. The highest BCUT2D eigenvalue weighted by Crippen LogP contribution is 2.15. The summed E-state index contributed by atoms with van der Waals surface area (Å²) in [6.07, 6.45) is 2.24. The summed E-state index contributed by atoms with van der Waals surface area (Å²) in [7, 11) is 0. The van der Waals surface area contributed by atoms with Gasteiger partial charge in [-0.2, -0.15) is 0 Å². The van der Waals surface area contributed by atoms with E-state index in [0.717, 1.165) is 39.0 Å². The zero-order valence-electron chi connectivity index (χ0n) is 10.0. The highest BCUT2D eigenvalue weighted by atomic mass is 16.2. The third-order valence-corrected chi connectivity index (χ3v) is 3.62. The minimum atomic E-state index is -0.258. The number of nitrogens with zero attached hydrogens (tertiary/aromatic N) is 2. The molecule has 3 N–H and O–H groups in total. The number of nitrogens with one attached hydrogen (secondary N) is 1. The molecule has 0 saturated carbocycles. The molecule has 0 radical (unpaired) electrons. The number of urea groups is 1. The van der Waals surface area contributed by atoms with Crippen LogP contribution in [0.3, 0.4) is 0 Å². The first-order valence-corrected chi connectivity index (χ1v) is 6.21. The highest BCUT2D eigenvalue weighted by Gasteiger charge is 2.28. The first-order valence-electron chi connectivity index (χ1n) is 6.21. The quantitative estimate of drug-likeness (QED) is 0.631. The molecule has 2 heterocycles. The molecule has 2 rings (SSSR count). The fraction of sp³-hybridized carbons (Fsp3) is 0.818. The van der Waals surface area contributed by atoms with E-state index in [4.69, 9.17) is 5.73 Å². The normalized spacial score (nSPS) is 23.2. The van der Waals surface area contributed by atoms with Gasteiger partial charge in [0.05, 0.1) is 6.54 Å². The van der Waals surface area contributed by atoms with Crippen LogP contribution in [0.2, 0.25) is 0 Å². The maximum Gasteiger partial charge on any atom is 0.324 e. The molecule has 2 aliphatic rings. The van der Waals surface area contributed by atoms with Gasteiger partial charge in [0.15, 0.2) is 0 Å². The minimum Gasteiger partial charge on any atom is -0.330 e. The van der Waals surface area contributed by atoms with Crippen LogP contribution < -0.4 is 11.1 Å². The Morgan fingerprint density at radius 3 is 2.47 bits per heavy atom. The van der Waals surface area contributed by atoms with E-state index in [1.165, 1.54) is 4.90 Å². The van der Waals surface area contributed by atoms with Gasteiger partial charge in [0.25, 0.3) is 0 Å². The minimum absolute atomic E-state index is 0.119. The fourth-order valence-electron chi connectivity index (χ4n) is 2.37. The molecule has 6 nitrogen and oxygen atoms in total. The molecule has 0 spiro atoms. The van der Waals surface area contributed by atoms with Crippen molar-refractivity contribution in [1.29, 1.82) is 0 Å². The third kappa shape index (κ3) is 2.95. The van der Waals surface area contributed by atoms with E-state index in [1.807, 2.05) is 0 Å². The number of carbonyl (C=O) groups is 2. The Kier molecular flexibility index (Phi) is 3.96. The topological polar surface area (TPSA) is 78.7 Å². The number of piperidine rings is 1. The summed E-state index contributed by atoms with van der Waals surface area (Å²) in [4.78, 5) is 26.3. The standard InChI is InChI=1S/C11H20N4O2/c12-7-9-1-3-14(4-2-9)5-6-15-10(16)8-13-11(15)17/h9H,1-8,12H2,(H,13,17). The maximum atomic E-state index is 11.4. The molecule has 2 aliphatic heterocycles. The molecule has 0 atom stereocenters. The first-order chi connectivity index (χ1) is 8.20. The van der Waals surface area contributed by atoms with Gasteiger partial charge in [-0.1, -0.05) is 0 Å². The third-order valence-electron chi connectivity index (χ3n) is 3.62. The van der Waals surface area contributed by atoms with Crippen LogP contribution >= 0.6 is 0 Å². The zero-order chi connectivity index (χ0) is 12.3. The van der Waals surface area contributed by atoms with Gasteiger partial charge in [-0.3, -0.25) is 9.69 Å². The Labute approximate surface area is 101 Å². The number of rotatable bonds is 4. The van der Waals surface area contributed by atoms with Gasteiger partial charge in [-0.05, 0) is 38.4 Å². The number of nitrogens with two attached hydrogens (primary N) is 1. The molecule has 2 fully saturated rings. The molecule has 0 aliphatic carbocycles. The van der Waals surface area contributed by atoms with Crippen LogP contribution in [0.15, 0.2) is 0 Å². The van der Waals surface area contributed by atoms with E-state index < -0.39 is 0 Å². The predicted molar refractivity (Wildman–Crippen MR) is 63.3 cm³/mol. The van der Waals surface area contributed by atoms with Crippen LogP contribution in [0.5, 0.6) is 0 Å². The van der Waals surface area contributed by atoms with E-state index in [1.54, 1.807) is 0 Å². The van der Waals surface area contributed by atoms with Crippen LogP contribution in [0.4, 0.5) is 4.79 Å². The average Bonchev–Trinajstić information content (AvgIpc) is 2.67. The fourth-order valence-corrected chi connectivity index (χ4v) is 2.37. The molecular formula is C11H20N4O2. The highest BCUT2D eigenvalue weighted by molar-refractivity contribution is 6.01. The zero-order valence-corrected chi connectivity index (χ0v) is 10.0. The van der Waals surface area contributed by atoms with Gasteiger partial charge >= 0.3 is 6.03 Å². The molecule has 2 saturated heterocycles. The Morgan fingerprint density at radius 2 is 1.94 bits per heavy atom. The van der Waals surface area contributed by atoms with Crippen molar-refractivity contribution in [3.63, 3.8) is 0 Å². The van der Waals surface area contributed by atoms with Gasteiger partial charge in [-0.25, -0.2) is 4.79 Å². The Balaban J connectivity index is 1.72. The van der Waals surface area contributed by atoms with Crippen LogP contribution in [0, 0.1) is 5.92 Å². The number of amides is 3. The maximum absolute atomic E-state index is 11.4. The summed E-state index contributed by atoms with van der Waals surface area (Å²) in [5, 5.41) is 2.53. The summed E-state index contributed by atoms with van der Waals surface area (Å²) in [6, 6.07) is -0.258. The lowest BCUT2D eigenvalue weighted by molar-refractivity contribution is -0.125. The number of imide groups is 1. The SMILES string of the molecule is NCC1CCN(CCN2C(=O)CNC2=O)CC1. The summed E-state index contributed by atoms with van der Waals surface area (Å²) in [5.41, 5.74) is 5.63. The van der Waals surface area contributed by atoms with Gasteiger partial charge in [0, 0.05) is 13.1 Å². The second-order valence-electron chi connectivity index (χ2n) is 4.72. The average molecular weight is 240 g/mol. The van der Waals surface area contributed by atoms with E-state index in [0.29, 0.717) is 12.5 Å². The van der Waals surface area contributed by atoms with Gasteiger partial charge < -0.3 is 16.0 Å². The lowest BCUT2D eigenvalue weighted by atomic mass is 9.97. The smallest absolute Gasteiger partial charge is 0.324 e. The lowest BCUT2D eigenvalue weighted by Crippen LogP contribution is -2.42. The second-order valence-corrected chi connectivity index (χ2v) is 4.72. The van der Waals surface area contributed by atoms with Crippen molar-refractivity contribution >= 4 is 11.9 Å². The molecule has 17 heavy (non-hydrogen) atoms. The first kappa shape index (κ1) is 12.3. The van der Waals surface area contributed by atoms with Crippen molar-refractivity contribution in [2.75, 3.05) is 39.3 Å². The van der Waals surface area contributed by atoms with Crippen molar-refractivity contribution in [3.8, 4) is 0 Å². The lowest BCUT2D eigenvalue weighted by Gasteiger charge is -2.31. The van der Waals surface area contributed by atoms with Gasteiger partial charge in [0.2, 0.25) is 5.91 Å². The van der Waals surface area contributed by atoms with Crippen molar-refractivity contribution in [1.82, 2.24) is 15.1 Å². The Hall–Kier alpha value is -1.14. The molecule has 96 valence electrons. The molecule has 3 amide bonds. The summed E-state index contributed by atoms with van der Waals surface area (Å²) < 4.78 is 0. The molecule has 6 heteroatoms.